The van der Waals surface area contributed by atoms with Crippen LogP contribution < -0.4 is 15.5 Å². The van der Waals surface area contributed by atoms with E-state index in [4.69, 9.17) is 4.74 Å². The van der Waals surface area contributed by atoms with E-state index in [1.54, 1.807) is 7.05 Å². The third-order valence-corrected chi connectivity index (χ3v) is 4.63. The van der Waals surface area contributed by atoms with Crippen LogP contribution in [0.4, 0.5) is 5.82 Å². The predicted molar refractivity (Wildman–Crippen MR) is 109 cm³/mol. The van der Waals surface area contributed by atoms with Gasteiger partial charge in [0.2, 0.25) is 0 Å². The average molecular weight is 362 g/mol. The number of nitrogens with one attached hydrogen (secondary N) is 2. The summed E-state index contributed by atoms with van der Waals surface area (Å²) in [6.45, 7) is 7.54. The fourth-order valence-corrected chi connectivity index (χ4v) is 3.09. The lowest BCUT2D eigenvalue weighted by Crippen LogP contribution is -2.37. The lowest BCUT2D eigenvalue weighted by atomic mass is 10.2. The zero-order valence-corrected chi connectivity index (χ0v) is 16.5. The highest BCUT2D eigenvalue weighted by atomic mass is 16.5. The summed E-state index contributed by atoms with van der Waals surface area (Å²) >= 11 is 0. The Balaban J connectivity index is 1.70. The number of guanidine groups is 1. The highest BCUT2D eigenvalue weighted by Crippen LogP contribution is 2.17. The molecule has 0 spiro atoms. The molecule has 2 N–H and O–H groups in total. The van der Waals surface area contributed by atoms with Gasteiger partial charge in [-0.3, -0.25) is 4.99 Å². The van der Waals surface area contributed by atoms with Gasteiger partial charge in [-0.2, -0.15) is 0 Å². The van der Waals surface area contributed by atoms with Crippen LogP contribution in [0, 0.1) is 0 Å². The SMILES string of the molecule is CCOCCCCNC(=NC)NCc1ccc(N2CCCCCC2)nc1. The van der Waals surface area contributed by atoms with Gasteiger partial charge in [0.15, 0.2) is 5.96 Å². The fourth-order valence-electron chi connectivity index (χ4n) is 3.09. The maximum Gasteiger partial charge on any atom is 0.191 e. The quantitative estimate of drug-likeness (QED) is 0.402. The van der Waals surface area contributed by atoms with Crippen LogP contribution in [0.5, 0.6) is 0 Å². The van der Waals surface area contributed by atoms with Crippen LogP contribution in [0.3, 0.4) is 0 Å². The van der Waals surface area contributed by atoms with Gasteiger partial charge < -0.3 is 20.3 Å². The van der Waals surface area contributed by atoms with E-state index >= 15 is 0 Å². The second-order valence-corrected chi connectivity index (χ2v) is 6.68. The van der Waals surface area contributed by atoms with Crippen LogP contribution in [-0.4, -0.2) is 50.8 Å². The molecule has 1 aromatic heterocycles. The highest BCUT2D eigenvalue weighted by Gasteiger charge is 2.10. The van der Waals surface area contributed by atoms with Crippen LogP contribution >= 0.6 is 0 Å². The second kappa shape index (κ2) is 12.5. The summed E-state index contributed by atoms with van der Waals surface area (Å²) in [4.78, 5) is 11.3. The van der Waals surface area contributed by atoms with Gasteiger partial charge in [-0.05, 0) is 44.2 Å². The first-order chi connectivity index (χ1) is 12.8. The first-order valence-electron chi connectivity index (χ1n) is 10.1. The number of aliphatic imine (C=N–C) groups is 1. The monoisotopic (exact) mass is 361 g/mol. The van der Waals surface area contributed by atoms with Gasteiger partial charge in [0.25, 0.3) is 0 Å². The Labute approximate surface area is 158 Å². The number of nitrogens with zero attached hydrogens (tertiary/aromatic N) is 3. The molecule has 6 heteroatoms. The molecule has 1 fully saturated rings. The number of unbranched alkanes of at least 4 members (excludes halogenated alkanes) is 1. The Kier molecular flexibility index (Phi) is 9.87. The Hall–Kier alpha value is -1.82. The molecule has 1 saturated heterocycles. The molecule has 0 bridgehead atoms. The van der Waals surface area contributed by atoms with Crippen molar-refractivity contribution in [2.24, 2.45) is 4.99 Å². The Morgan fingerprint density at radius 1 is 1.15 bits per heavy atom. The lowest BCUT2D eigenvalue weighted by molar-refractivity contribution is 0.143. The minimum atomic E-state index is 0.728. The summed E-state index contributed by atoms with van der Waals surface area (Å²) in [7, 11) is 1.80. The molecular formula is C20H35N5O. The molecular weight excluding hydrogens is 326 g/mol. The number of ether oxygens (including phenoxy) is 1. The average Bonchev–Trinajstić information content (AvgIpc) is 2.97. The molecule has 146 valence electrons. The van der Waals surface area contributed by atoms with Gasteiger partial charge in [0, 0.05) is 52.6 Å². The van der Waals surface area contributed by atoms with E-state index in [0.717, 1.165) is 64.0 Å². The van der Waals surface area contributed by atoms with E-state index in [9.17, 15) is 0 Å². The standard InChI is InChI=1S/C20H35N5O/c1-3-26-15-9-6-12-22-20(21-2)24-17-18-10-11-19(23-16-18)25-13-7-4-5-8-14-25/h10-11,16H,3-9,12-15,17H2,1-2H3,(H2,21,22,24). The zero-order valence-electron chi connectivity index (χ0n) is 16.5. The normalized spacial score (nSPS) is 15.6. The summed E-state index contributed by atoms with van der Waals surface area (Å²) in [6.07, 6.45) is 9.36. The Bertz CT molecular complexity index is 509. The van der Waals surface area contributed by atoms with Crippen LogP contribution in [0.2, 0.25) is 0 Å². The number of hydrogen-bond donors (Lipinski definition) is 2. The van der Waals surface area contributed by atoms with Gasteiger partial charge in [-0.15, -0.1) is 0 Å². The molecule has 26 heavy (non-hydrogen) atoms. The molecule has 0 unspecified atom stereocenters. The third kappa shape index (κ3) is 7.60. The summed E-state index contributed by atoms with van der Waals surface area (Å²) in [6, 6.07) is 4.31. The van der Waals surface area contributed by atoms with E-state index in [1.165, 1.54) is 31.2 Å². The number of anilines is 1. The second-order valence-electron chi connectivity index (χ2n) is 6.68. The van der Waals surface area contributed by atoms with Gasteiger partial charge in [0.05, 0.1) is 0 Å². The summed E-state index contributed by atoms with van der Waals surface area (Å²) in [5, 5.41) is 6.69. The van der Waals surface area contributed by atoms with Crippen LogP contribution in [0.1, 0.15) is 51.0 Å². The molecule has 0 aliphatic carbocycles. The lowest BCUT2D eigenvalue weighted by Gasteiger charge is -2.21. The van der Waals surface area contributed by atoms with E-state index in [0.29, 0.717) is 0 Å². The van der Waals surface area contributed by atoms with E-state index in [2.05, 4.69) is 37.6 Å². The minimum absolute atomic E-state index is 0.728. The van der Waals surface area contributed by atoms with Gasteiger partial charge in [-0.25, -0.2) is 4.98 Å². The van der Waals surface area contributed by atoms with Crippen molar-refractivity contribution in [3.8, 4) is 0 Å². The zero-order chi connectivity index (χ0) is 18.5. The van der Waals surface area contributed by atoms with Crippen molar-refractivity contribution < 1.29 is 4.74 Å². The van der Waals surface area contributed by atoms with Crippen molar-refractivity contribution in [1.29, 1.82) is 0 Å². The molecule has 0 aromatic carbocycles. The summed E-state index contributed by atoms with van der Waals surface area (Å²) < 4.78 is 5.35. The van der Waals surface area contributed by atoms with Gasteiger partial charge in [0.1, 0.15) is 5.82 Å². The number of hydrogen-bond acceptors (Lipinski definition) is 4. The molecule has 0 saturated carbocycles. The molecule has 0 radical (unpaired) electrons. The molecule has 2 rings (SSSR count). The van der Waals surface area contributed by atoms with Crippen molar-refractivity contribution in [3.63, 3.8) is 0 Å². The van der Waals surface area contributed by atoms with Gasteiger partial charge in [-0.1, -0.05) is 18.9 Å². The highest BCUT2D eigenvalue weighted by molar-refractivity contribution is 5.79. The van der Waals surface area contributed by atoms with Crippen LogP contribution in [0.25, 0.3) is 0 Å². The maximum absolute atomic E-state index is 5.35. The van der Waals surface area contributed by atoms with Crippen LogP contribution in [0.15, 0.2) is 23.3 Å². The first kappa shape index (κ1) is 20.5. The van der Waals surface area contributed by atoms with E-state index in [-0.39, 0.29) is 0 Å². The minimum Gasteiger partial charge on any atom is -0.382 e. The fraction of sp³-hybridized carbons (Fsp3) is 0.700. The van der Waals surface area contributed by atoms with E-state index < -0.39 is 0 Å². The largest absolute Gasteiger partial charge is 0.382 e. The molecule has 1 aliphatic rings. The third-order valence-electron chi connectivity index (χ3n) is 4.63. The molecule has 0 atom stereocenters. The molecule has 1 aromatic rings. The van der Waals surface area contributed by atoms with Crippen molar-refractivity contribution in [1.82, 2.24) is 15.6 Å². The van der Waals surface area contributed by atoms with Crippen molar-refractivity contribution >= 4 is 11.8 Å². The summed E-state index contributed by atoms with van der Waals surface area (Å²) in [5.41, 5.74) is 1.17. The number of rotatable bonds is 9. The van der Waals surface area contributed by atoms with E-state index in [1.807, 2.05) is 13.1 Å². The Morgan fingerprint density at radius 3 is 2.62 bits per heavy atom. The smallest absolute Gasteiger partial charge is 0.191 e. The predicted octanol–water partition coefficient (Wildman–Crippen LogP) is 2.94. The molecule has 1 aliphatic heterocycles. The maximum atomic E-state index is 5.35. The van der Waals surface area contributed by atoms with Crippen molar-refractivity contribution in [2.45, 2.75) is 52.0 Å². The van der Waals surface area contributed by atoms with Gasteiger partial charge >= 0.3 is 0 Å². The molecule has 2 heterocycles. The molecule has 0 amide bonds. The number of pyridine rings is 1. The van der Waals surface area contributed by atoms with Crippen LogP contribution in [-0.2, 0) is 11.3 Å². The topological polar surface area (TPSA) is 61.8 Å². The summed E-state index contributed by atoms with van der Waals surface area (Å²) in [5.74, 6) is 1.94. The van der Waals surface area contributed by atoms with Crippen molar-refractivity contribution in [2.75, 3.05) is 44.8 Å². The number of aromatic nitrogens is 1. The van der Waals surface area contributed by atoms with Crippen molar-refractivity contribution in [3.05, 3.63) is 23.9 Å². The first-order valence-corrected chi connectivity index (χ1v) is 10.1. The Morgan fingerprint density at radius 2 is 1.96 bits per heavy atom. The molecule has 6 nitrogen and oxygen atoms in total.